The highest BCUT2D eigenvalue weighted by Gasteiger charge is 2.46. The zero-order valence-electron chi connectivity index (χ0n) is 21.2. The molecule has 0 bridgehead atoms. The van der Waals surface area contributed by atoms with Crippen molar-refractivity contribution >= 4 is 11.8 Å². The molecule has 2 aromatic carbocycles. The first-order valence-electron chi connectivity index (χ1n) is 13.7. The number of benzene rings is 2. The van der Waals surface area contributed by atoms with Crippen LogP contribution in [0.4, 0.5) is 0 Å². The second kappa shape index (κ2) is 11.6. The van der Waals surface area contributed by atoms with Crippen LogP contribution in [-0.4, -0.2) is 58.9 Å². The molecule has 1 saturated heterocycles. The number of amides is 2. The van der Waals surface area contributed by atoms with Crippen molar-refractivity contribution in [3.8, 4) is 0 Å². The fourth-order valence-corrected chi connectivity index (χ4v) is 5.82. The van der Waals surface area contributed by atoms with Gasteiger partial charge in [0, 0.05) is 43.7 Å². The largest absolute Gasteiger partial charge is 0.352 e. The van der Waals surface area contributed by atoms with Gasteiger partial charge in [-0.2, -0.15) is 0 Å². The Hall–Kier alpha value is -2.70. The molecule has 6 heteroatoms. The van der Waals surface area contributed by atoms with E-state index >= 15 is 0 Å². The van der Waals surface area contributed by atoms with Crippen molar-refractivity contribution in [3.05, 3.63) is 71.8 Å². The Balaban J connectivity index is 1.31. The number of rotatable bonds is 9. The number of hydrogen-bond acceptors (Lipinski definition) is 4. The smallest absolute Gasteiger partial charge is 0.243 e. The molecule has 0 aromatic heterocycles. The zero-order valence-corrected chi connectivity index (χ0v) is 21.2. The fraction of sp³-hybridized carbons (Fsp3) is 0.533. The maximum absolute atomic E-state index is 13.5. The number of nitrogens with one attached hydrogen (secondary N) is 1. The third-order valence-corrected chi connectivity index (χ3v) is 8.18. The average Bonchev–Trinajstić information content (AvgIpc) is 3.66. The van der Waals surface area contributed by atoms with E-state index in [9.17, 15) is 9.59 Å². The van der Waals surface area contributed by atoms with Gasteiger partial charge in [0.2, 0.25) is 11.8 Å². The molecule has 3 fully saturated rings. The van der Waals surface area contributed by atoms with Crippen LogP contribution in [0.1, 0.15) is 56.1 Å². The first kappa shape index (κ1) is 25.0. The van der Waals surface area contributed by atoms with E-state index in [-0.39, 0.29) is 41.9 Å². The Morgan fingerprint density at radius 1 is 0.889 bits per heavy atom. The summed E-state index contributed by atoms with van der Waals surface area (Å²) >= 11 is 0. The molecule has 2 aliphatic carbocycles. The van der Waals surface area contributed by atoms with Crippen LogP contribution in [0.25, 0.3) is 0 Å². The van der Waals surface area contributed by atoms with Crippen LogP contribution in [0, 0.1) is 5.92 Å². The van der Waals surface area contributed by atoms with E-state index in [1.807, 2.05) is 17.0 Å². The second-order valence-electron chi connectivity index (χ2n) is 11.0. The quantitative estimate of drug-likeness (QED) is 0.566. The maximum Gasteiger partial charge on any atom is 0.243 e. The van der Waals surface area contributed by atoms with Gasteiger partial charge in [-0.05, 0) is 62.5 Å². The SMILES string of the molecule is NC1CCC(NC(=O)C2CC(N(CCc3ccccc3)Cc3ccccc3)CN2C(=O)C2CC2)CC1. The molecule has 1 aliphatic heterocycles. The molecule has 2 atom stereocenters. The van der Waals surface area contributed by atoms with Crippen molar-refractivity contribution in [2.45, 2.75) is 82.1 Å². The Bertz CT molecular complexity index is 1000. The van der Waals surface area contributed by atoms with Crippen LogP contribution in [0.5, 0.6) is 0 Å². The molecule has 2 aromatic rings. The van der Waals surface area contributed by atoms with Crippen LogP contribution in [0.15, 0.2) is 60.7 Å². The van der Waals surface area contributed by atoms with E-state index in [2.05, 4.69) is 58.7 Å². The topological polar surface area (TPSA) is 78.7 Å². The lowest BCUT2D eigenvalue weighted by molar-refractivity contribution is -0.139. The highest BCUT2D eigenvalue weighted by atomic mass is 16.2. The molecule has 3 N–H and O–H groups in total. The van der Waals surface area contributed by atoms with Gasteiger partial charge in [-0.3, -0.25) is 14.5 Å². The van der Waals surface area contributed by atoms with Gasteiger partial charge in [0.1, 0.15) is 6.04 Å². The Morgan fingerprint density at radius 2 is 1.53 bits per heavy atom. The van der Waals surface area contributed by atoms with Crippen molar-refractivity contribution in [3.63, 3.8) is 0 Å². The van der Waals surface area contributed by atoms with E-state index in [0.717, 1.165) is 58.0 Å². The number of nitrogens with two attached hydrogens (primary N) is 1. The molecule has 2 amide bonds. The minimum absolute atomic E-state index is 0.0229. The van der Waals surface area contributed by atoms with E-state index in [0.29, 0.717) is 13.0 Å². The highest BCUT2D eigenvalue weighted by molar-refractivity contribution is 5.90. The highest BCUT2D eigenvalue weighted by Crippen LogP contribution is 2.35. The van der Waals surface area contributed by atoms with E-state index in [1.54, 1.807) is 0 Å². The summed E-state index contributed by atoms with van der Waals surface area (Å²) in [5.41, 5.74) is 8.64. The standard InChI is InChI=1S/C30H40N4O2/c31-25-13-15-26(16-14-25)32-29(35)28-19-27(21-34(28)30(36)24-11-12-24)33(20-23-9-5-2-6-10-23)18-17-22-7-3-1-4-8-22/h1-10,24-28H,11-21,31H2,(H,32,35). The molecule has 6 nitrogen and oxygen atoms in total. The molecule has 5 rings (SSSR count). The molecule has 2 saturated carbocycles. The molecule has 0 radical (unpaired) electrons. The summed E-state index contributed by atoms with van der Waals surface area (Å²) in [6.45, 7) is 2.34. The number of hydrogen-bond donors (Lipinski definition) is 2. The predicted octanol–water partition coefficient (Wildman–Crippen LogP) is 3.50. The zero-order chi connectivity index (χ0) is 24.9. The first-order valence-corrected chi connectivity index (χ1v) is 13.7. The fourth-order valence-electron chi connectivity index (χ4n) is 5.82. The number of nitrogens with zero attached hydrogens (tertiary/aromatic N) is 2. The normalized spacial score (nSPS) is 26.2. The summed E-state index contributed by atoms with van der Waals surface area (Å²) in [6, 6.07) is 21.3. The van der Waals surface area contributed by atoms with Gasteiger partial charge < -0.3 is 16.0 Å². The number of likely N-dealkylation sites (tertiary alicyclic amines) is 1. The summed E-state index contributed by atoms with van der Waals surface area (Å²) < 4.78 is 0. The number of carbonyl (C=O) groups excluding carboxylic acids is 2. The van der Waals surface area contributed by atoms with Crippen LogP contribution in [0.2, 0.25) is 0 Å². The van der Waals surface area contributed by atoms with E-state index in [1.165, 1.54) is 11.1 Å². The molecule has 0 spiro atoms. The monoisotopic (exact) mass is 488 g/mol. The van der Waals surface area contributed by atoms with Gasteiger partial charge in [0.25, 0.3) is 0 Å². The van der Waals surface area contributed by atoms with Crippen molar-refractivity contribution in [2.75, 3.05) is 13.1 Å². The minimum Gasteiger partial charge on any atom is -0.352 e. The summed E-state index contributed by atoms with van der Waals surface area (Å²) in [7, 11) is 0. The Morgan fingerprint density at radius 3 is 2.17 bits per heavy atom. The Kier molecular flexibility index (Phi) is 8.02. The minimum atomic E-state index is -0.381. The van der Waals surface area contributed by atoms with Gasteiger partial charge in [-0.1, -0.05) is 60.7 Å². The molecule has 192 valence electrons. The van der Waals surface area contributed by atoms with Crippen molar-refractivity contribution in [1.82, 2.24) is 15.1 Å². The van der Waals surface area contributed by atoms with Crippen LogP contribution >= 0.6 is 0 Å². The third-order valence-electron chi connectivity index (χ3n) is 8.18. The molecular formula is C30H40N4O2. The molecular weight excluding hydrogens is 448 g/mol. The maximum atomic E-state index is 13.5. The van der Waals surface area contributed by atoms with Crippen molar-refractivity contribution in [1.29, 1.82) is 0 Å². The Labute approximate surface area is 215 Å². The van der Waals surface area contributed by atoms with E-state index < -0.39 is 0 Å². The summed E-state index contributed by atoms with van der Waals surface area (Å²) in [4.78, 5) is 31.2. The summed E-state index contributed by atoms with van der Waals surface area (Å²) in [5.74, 6) is 0.305. The van der Waals surface area contributed by atoms with Crippen LogP contribution in [-0.2, 0) is 22.6 Å². The lowest BCUT2D eigenvalue weighted by atomic mass is 9.91. The van der Waals surface area contributed by atoms with Crippen LogP contribution < -0.4 is 11.1 Å². The molecule has 36 heavy (non-hydrogen) atoms. The van der Waals surface area contributed by atoms with Gasteiger partial charge in [0.15, 0.2) is 0 Å². The molecule has 1 heterocycles. The lowest BCUT2D eigenvalue weighted by Gasteiger charge is -2.30. The van der Waals surface area contributed by atoms with Crippen LogP contribution in [0.3, 0.4) is 0 Å². The molecule has 2 unspecified atom stereocenters. The van der Waals surface area contributed by atoms with Gasteiger partial charge in [-0.25, -0.2) is 0 Å². The molecule has 3 aliphatic rings. The first-order chi connectivity index (χ1) is 17.6. The average molecular weight is 489 g/mol. The number of carbonyl (C=O) groups is 2. The van der Waals surface area contributed by atoms with E-state index in [4.69, 9.17) is 5.73 Å². The van der Waals surface area contributed by atoms with Crippen molar-refractivity contribution < 1.29 is 9.59 Å². The van der Waals surface area contributed by atoms with Gasteiger partial charge >= 0.3 is 0 Å². The van der Waals surface area contributed by atoms with Crippen molar-refractivity contribution in [2.24, 2.45) is 11.7 Å². The summed E-state index contributed by atoms with van der Waals surface area (Å²) in [6.07, 6.45) is 7.31. The van der Waals surface area contributed by atoms with Gasteiger partial charge in [0.05, 0.1) is 0 Å². The lowest BCUT2D eigenvalue weighted by Crippen LogP contribution is -2.50. The van der Waals surface area contributed by atoms with Gasteiger partial charge in [-0.15, -0.1) is 0 Å². The third kappa shape index (κ3) is 6.34. The second-order valence-corrected chi connectivity index (χ2v) is 11.0. The predicted molar refractivity (Wildman–Crippen MR) is 142 cm³/mol. The summed E-state index contributed by atoms with van der Waals surface area (Å²) in [5, 5.41) is 3.29.